The van der Waals surface area contributed by atoms with Gasteiger partial charge in [-0.2, -0.15) is 13.8 Å². The molecule has 4 rings (SSSR count). The van der Waals surface area contributed by atoms with Gasteiger partial charge in [0.25, 0.3) is 0 Å². The fourth-order valence-electron chi connectivity index (χ4n) is 3.56. The average molecular weight is 469 g/mol. The van der Waals surface area contributed by atoms with Crippen LogP contribution in [0.4, 0.5) is 31.8 Å². The number of nitrogens with one attached hydrogen (secondary N) is 2. The first kappa shape index (κ1) is 23.2. The van der Waals surface area contributed by atoms with Crippen molar-refractivity contribution < 1.29 is 13.5 Å². The number of nitrogens with zero attached hydrogens (tertiary/aromatic N) is 5. The highest BCUT2D eigenvalue weighted by atomic mass is 19.3. The number of likely N-dealkylation sites (N-methyl/N-ethyl adjacent to an activating group) is 2. The first-order valence-corrected chi connectivity index (χ1v) is 10.6. The third-order valence-corrected chi connectivity index (χ3v) is 5.29. The van der Waals surface area contributed by atoms with Gasteiger partial charge >= 0.3 is 6.61 Å². The zero-order valence-corrected chi connectivity index (χ0v) is 19.1. The van der Waals surface area contributed by atoms with Crippen LogP contribution >= 0.6 is 0 Å². The molecule has 11 heteroatoms. The zero-order chi connectivity index (χ0) is 24.2. The van der Waals surface area contributed by atoms with Crippen molar-refractivity contribution >= 4 is 33.9 Å². The summed E-state index contributed by atoms with van der Waals surface area (Å²) in [5, 5.41) is 3.97. The minimum absolute atomic E-state index is 0.0654. The van der Waals surface area contributed by atoms with Crippen molar-refractivity contribution in [1.29, 1.82) is 0 Å². The van der Waals surface area contributed by atoms with E-state index in [1.165, 1.54) is 18.5 Å². The smallest absolute Gasteiger partial charge is 0.387 e. The maximum Gasteiger partial charge on any atom is 0.387 e. The Hall–Kier alpha value is -3.99. The molecule has 178 valence electrons. The summed E-state index contributed by atoms with van der Waals surface area (Å²) in [5.41, 5.74) is 9.13. The summed E-state index contributed by atoms with van der Waals surface area (Å²) in [6.07, 6.45) is 3.19. The second-order valence-electron chi connectivity index (χ2n) is 8.02. The van der Waals surface area contributed by atoms with Crippen molar-refractivity contribution in [2.45, 2.75) is 6.61 Å². The molecule has 0 fully saturated rings. The van der Waals surface area contributed by atoms with Gasteiger partial charge in [0.2, 0.25) is 5.95 Å². The number of benzene rings is 2. The third kappa shape index (κ3) is 5.15. The van der Waals surface area contributed by atoms with Crippen LogP contribution in [0, 0.1) is 0 Å². The Balaban J connectivity index is 1.66. The number of para-hydroxylation sites is 1. The minimum atomic E-state index is -3.01. The van der Waals surface area contributed by atoms with Crippen molar-refractivity contribution in [3.05, 3.63) is 48.9 Å². The van der Waals surface area contributed by atoms with Gasteiger partial charge in [-0.3, -0.25) is 0 Å². The van der Waals surface area contributed by atoms with E-state index in [9.17, 15) is 8.78 Å². The number of rotatable bonds is 9. The van der Waals surface area contributed by atoms with Gasteiger partial charge in [-0.05, 0) is 32.3 Å². The summed E-state index contributed by atoms with van der Waals surface area (Å²) in [6, 6.07) is 10.7. The molecule has 4 N–H and O–H groups in total. The predicted molar refractivity (Wildman–Crippen MR) is 130 cm³/mol. The van der Waals surface area contributed by atoms with E-state index in [0.717, 1.165) is 23.0 Å². The number of alkyl halides is 2. The van der Waals surface area contributed by atoms with Gasteiger partial charge in [0.15, 0.2) is 11.6 Å². The van der Waals surface area contributed by atoms with Crippen molar-refractivity contribution in [1.82, 2.24) is 24.8 Å². The molecule has 0 radical (unpaired) electrons. The SMILES string of the molecule is CN(C)CCN(C)c1cc(OC(F)F)c(Nc2ncnc(-c3cccc4cc[nH]c34)n2)cc1N. The number of aromatic amines is 1. The summed E-state index contributed by atoms with van der Waals surface area (Å²) >= 11 is 0. The van der Waals surface area contributed by atoms with Crippen LogP contribution < -0.4 is 20.7 Å². The lowest BCUT2D eigenvalue weighted by molar-refractivity contribution is -0.0493. The Kier molecular flexibility index (Phi) is 6.73. The highest BCUT2D eigenvalue weighted by Crippen LogP contribution is 2.37. The van der Waals surface area contributed by atoms with Crippen molar-refractivity contribution in [3.63, 3.8) is 0 Å². The monoisotopic (exact) mass is 468 g/mol. The second-order valence-corrected chi connectivity index (χ2v) is 8.02. The normalized spacial score (nSPS) is 11.4. The van der Waals surface area contributed by atoms with E-state index >= 15 is 0 Å². The molecule has 9 nitrogen and oxygen atoms in total. The molecule has 0 amide bonds. The molecule has 0 aliphatic rings. The highest BCUT2D eigenvalue weighted by Gasteiger charge is 2.17. The summed E-state index contributed by atoms with van der Waals surface area (Å²) in [5.74, 6) is 0.528. The van der Waals surface area contributed by atoms with Gasteiger partial charge in [0, 0.05) is 43.4 Å². The summed E-state index contributed by atoms with van der Waals surface area (Å²) < 4.78 is 31.2. The molecular weight excluding hydrogens is 442 g/mol. The quantitative estimate of drug-likeness (QED) is 0.317. The molecule has 34 heavy (non-hydrogen) atoms. The van der Waals surface area contributed by atoms with Crippen LogP contribution in [0.15, 0.2) is 48.9 Å². The van der Waals surface area contributed by atoms with Gasteiger partial charge in [-0.25, -0.2) is 9.97 Å². The molecule has 0 bridgehead atoms. The second kappa shape index (κ2) is 9.87. The number of anilines is 4. The van der Waals surface area contributed by atoms with E-state index in [1.54, 1.807) is 0 Å². The zero-order valence-electron chi connectivity index (χ0n) is 19.1. The fourth-order valence-corrected chi connectivity index (χ4v) is 3.56. The first-order chi connectivity index (χ1) is 16.3. The molecule has 0 saturated carbocycles. The van der Waals surface area contributed by atoms with Gasteiger partial charge in [-0.1, -0.05) is 12.1 Å². The van der Waals surface area contributed by atoms with Crippen LogP contribution in [0.3, 0.4) is 0 Å². The number of hydrogen-bond acceptors (Lipinski definition) is 8. The van der Waals surface area contributed by atoms with Gasteiger partial charge in [0.05, 0.1) is 22.6 Å². The van der Waals surface area contributed by atoms with Crippen molar-refractivity contribution in [3.8, 4) is 17.1 Å². The Labute approximate surface area is 195 Å². The van der Waals surface area contributed by atoms with Gasteiger partial charge in [-0.15, -0.1) is 0 Å². The standard InChI is InChI=1S/C23H26F2N8O/c1-32(2)9-10-33(3)18-12-19(34-22(24)25)17(11-16(18)26)30-23-29-13-28-21(31-23)15-6-4-5-14-7-8-27-20(14)15/h4-8,11-13,22,27H,9-10,26H2,1-3H3,(H,28,29,30,31). The minimum Gasteiger partial charge on any atom is -0.433 e. The number of ether oxygens (including phenoxy) is 1. The molecule has 4 aromatic rings. The number of fused-ring (bicyclic) bond motifs is 1. The average Bonchev–Trinajstić information content (AvgIpc) is 3.28. The fraction of sp³-hybridized carbons (Fsp3) is 0.261. The Morgan fingerprint density at radius 3 is 2.71 bits per heavy atom. The Morgan fingerprint density at radius 2 is 1.94 bits per heavy atom. The molecule has 2 aromatic heterocycles. The number of aromatic nitrogens is 4. The third-order valence-electron chi connectivity index (χ3n) is 5.29. The lowest BCUT2D eigenvalue weighted by Gasteiger charge is -2.24. The van der Waals surface area contributed by atoms with Crippen LogP contribution in [-0.2, 0) is 0 Å². The Bertz CT molecular complexity index is 1280. The molecule has 0 aliphatic heterocycles. The number of halogens is 2. The summed E-state index contributed by atoms with van der Waals surface area (Å²) in [6.45, 7) is -1.59. The van der Waals surface area contributed by atoms with E-state index in [1.807, 2.05) is 61.4 Å². The van der Waals surface area contributed by atoms with E-state index in [-0.39, 0.29) is 17.4 Å². The first-order valence-electron chi connectivity index (χ1n) is 10.6. The lowest BCUT2D eigenvalue weighted by Crippen LogP contribution is -2.29. The molecule has 0 spiro atoms. The van der Waals surface area contributed by atoms with Crippen LogP contribution in [0.2, 0.25) is 0 Å². The molecular formula is C23H26F2N8O. The maximum atomic E-state index is 13.2. The van der Waals surface area contributed by atoms with E-state index in [0.29, 0.717) is 23.7 Å². The van der Waals surface area contributed by atoms with Crippen molar-refractivity contribution in [2.75, 3.05) is 50.2 Å². The van der Waals surface area contributed by atoms with Gasteiger partial charge in [0.1, 0.15) is 6.33 Å². The molecule has 0 saturated heterocycles. The van der Waals surface area contributed by atoms with Crippen LogP contribution in [0.5, 0.6) is 5.75 Å². The summed E-state index contributed by atoms with van der Waals surface area (Å²) in [4.78, 5) is 20.0. The molecule has 2 heterocycles. The largest absolute Gasteiger partial charge is 0.433 e. The van der Waals surface area contributed by atoms with E-state index < -0.39 is 6.61 Å². The molecule has 0 atom stereocenters. The highest BCUT2D eigenvalue weighted by molar-refractivity contribution is 5.92. The number of nitrogen functional groups attached to an aromatic ring is 1. The molecule has 0 aliphatic carbocycles. The van der Waals surface area contributed by atoms with Crippen LogP contribution in [-0.4, -0.2) is 65.7 Å². The lowest BCUT2D eigenvalue weighted by atomic mass is 10.1. The van der Waals surface area contributed by atoms with Crippen LogP contribution in [0.1, 0.15) is 0 Å². The molecule has 0 unspecified atom stereocenters. The topological polar surface area (TPSA) is 108 Å². The molecule has 2 aromatic carbocycles. The van der Waals surface area contributed by atoms with E-state index in [4.69, 9.17) is 10.5 Å². The van der Waals surface area contributed by atoms with Crippen molar-refractivity contribution in [2.24, 2.45) is 0 Å². The van der Waals surface area contributed by atoms with Crippen LogP contribution in [0.25, 0.3) is 22.3 Å². The number of nitrogens with two attached hydrogens (primary N) is 1. The maximum absolute atomic E-state index is 13.2. The van der Waals surface area contributed by atoms with E-state index in [2.05, 4.69) is 25.3 Å². The number of hydrogen-bond donors (Lipinski definition) is 3. The number of H-pyrrole nitrogens is 1. The van der Waals surface area contributed by atoms with Gasteiger partial charge < -0.3 is 30.6 Å². The predicted octanol–water partition coefficient (Wildman–Crippen LogP) is 3.94. The Morgan fingerprint density at radius 1 is 1.12 bits per heavy atom. The summed E-state index contributed by atoms with van der Waals surface area (Å²) in [7, 11) is 5.75.